The molecule has 31 nitrogen and oxygen atoms in total. The van der Waals surface area contributed by atoms with Crippen LogP contribution in [0.3, 0.4) is 0 Å². The van der Waals surface area contributed by atoms with E-state index in [4.69, 9.17) is 34.4 Å². The van der Waals surface area contributed by atoms with Gasteiger partial charge in [0.1, 0.15) is 54.4 Å². The van der Waals surface area contributed by atoms with Gasteiger partial charge in [-0.1, -0.05) is 44.2 Å². The summed E-state index contributed by atoms with van der Waals surface area (Å²) in [6.45, 7) is 7.64. The number of aliphatic imine (C=N–C) groups is 2. The minimum atomic E-state index is -1.61. The maximum atomic E-state index is 13.9. The van der Waals surface area contributed by atoms with Crippen LogP contribution in [0.25, 0.3) is 0 Å². The van der Waals surface area contributed by atoms with Crippen molar-refractivity contribution in [1.82, 2.24) is 47.9 Å². The molecule has 1 aromatic carbocycles. The average molecular weight is 1190 g/mol. The third-order valence-electron chi connectivity index (χ3n) is 12.2. The standard InChI is InChI=1S/C51H85N17O14S/c1-26(2)24-36(48(80)65-32(15-11-22-59-51(56)57)46(78)68-37(49(81)82)25-30-12-8-7-9-13-30)67-42(74)28(4)60-40(72)27(3)61-45(77)35(20-23-83-6)63-41(73)29(5)62-44(76)34(17-19-39(70)71)66-47(79)33(16-18-38(53)69)64-43(75)31(52)14-10-21-58-50(54)55/h7-9,12-13,26-29,31-37H,10-11,14-25,52H2,1-6H3,(H2,53,69)(H,60,72)(H,61,77)(H,62,76)(H,63,73)(H,64,75)(H,65,80)(H,66,79)(H,67,74)(H,68,78)(H,70,71)(H,81,82)(H4,54,55,58)(H4,56,57,59)/t27-,28-,29-,31-,32-,33-,34-,35-,36-,37-/m0/s1. The van der Waals surface area contributed by atoms with E-state index in [2.05, 4.69) is 57.8 Å². The molecule has 0 bridgehead atoms. The molecular formula is C51H85N17O14S. The Bertz CT molecular complexity index is 2430. The number of primary amides is 1. The number of nitrogens with zero attached hydrogens (tertiary/aromatic N) is 2. The maximum absolute atomic E-state index is 13.9. The Hall–Kier alpha value is -8.29. The molecule has 83 heavy (non-hydrogen) atoms. The molecule has 32 heteroatoms. The van der Waals surface area contributed by atoms with Crippen molar-refractivity contribution >= 4 is 94.7 Å². The zero-order chi connectivity index (χ0) is 62.9. The summed E-state index contributed by atoms with van der Waals surface area (Å²) in [5.74, 6) is -11.6. The highest BCUT2D eigenvalue weighted by Crippen LogP contribution is 2.11. The summed E-state index contributed by atoms with van der Waals surface area (Å²) < 4.78 is 0. The second-order valence-corrected chi connectivity index (χ2v) is 20.9. The van der Waals surface area contributed by atoms with Crippen LogP contribution in [0.1, 0.15) is 104 Å². The highest BCUT2D eigenvalue weighted by molar-refractivity contribution is 7.98. The minimum absolute atomic E-state index is 0.0219. The quantitative estimate of drug-likeness (QED) is 0.0166. The van der Waals surface area contributed by atoms with Gasteiger partial charge in [0.15, 0.2) is 11.9 Å². The lowest BCUT2D eigenvalue weighted by atomic mass is 10.0. The first-order chi connectivity index (χ1) is 38.9. The van der Waals surface area contributed by atoms with Gasteiger partial charge in [-0.2, -0.15) is 11.8 Å². The van der Waals surface area contributed by atoms with Crippen LogP contribution in [0.4, 0.5) is 0 Å². The minimum Gasteiger partial charge on any atom is -0.481 e. The van der Waals surface area contributed by atoms with E-state index in [0.717, 1.165) is 0 Å². The third-order valence-corrected chi connectivity index (χ3v) is 12.9. The summed E-state index contributed by atoms with van der Waals surface area (Å²) in [7, 11) is 0. The number of hydrogen-bond acceptors (Lipinski definition) is 16. The van der Waals surface area contributed by atoms with E-state index in [-0.39, 0.29) is 82.3 Å². The number of carbonyl (C=O) groups is 12. The van der Waals surface area contributed by atoms with Crippen molar-refractivity contribution in [3.63, 3.8) is 0 Å². The molecule has 0 spiro atoms. The number of guanidine groups is 2. The summed E-state index contributed by atoms with van der Waals surface area (Å²) in [6.07, 6.45) is 0.444. The first kappa shape index (κ1) is 72.7. The smallest absolute Gasteiger partial charge is 0.326 e. The molecule has 0 aliphatic rings. The summed E-state index contributed by atoms with van der Waals surface area (Å²) >= 11 is 1.32. The van der Waals surface area contributed by atoms with E-state index in [1.807, 2.05) is 0 Å². The number of aliphatic carboxylic acids is 2. The Morgan fingerprint density at radius 3 is 1.33 bits per heavy atom. The summed E-state index contributed by atoms with van der Waals surface area (Å²) in [5, 5.41) is 41.7. The van der Waals surface area contributed by atoms with Crippen LogP contribution in [-0.4, -0.2) is 179 Å². The van der Waals surface area contributed by atoms with Crippen molar-refractivity contribution in [2.75, 3.05) is 25.1 Å². The number of carboxylic acids is 2. The third kappa shape index (κ3) is 30.4. The van der Waals surface area contributed by atoms with Gasteiger partial charge in [-0.25, -0.2) is 4.79 Å². The SMILES string of the molecule is CSCC[C@H](NC(=O)[C@H](C)NC(=O)[C@H](CCC(=O)O)NC(=O)[C@H](CCC(N)=O)NC(=O)[C@@H](N)CCCN=C(N)N)C(=O)N[C@@H](C)C(=O)N[C@@H](C)C(=O)N[C@@H](CC(C)C)C(=O)N[C@@H](CCCN=C(N)N)C(=O)N[C@@H](Cc1ccccc1)C(=O)O. The Morgan fingerprint density at radius 2 is 0.867 bits per heavy atom. The van der Waals surface area contributed by atoms with Crippen molar-refractivity contribution in [3.05, 3.63) is 35.9 Å². The Balaban J connectivity index is 3.16. The van der Waals surface area contributed by atoms with Crippen molar-refractivity contribution in [3.8, 4) is 0 Å². The lowest BCUT2D eigenvalue weighted by Crippen LogP contribution is -2.59. The molecule has 10 amide bonds. The van der Waals surface area contributed by atoms with E-state index in [1.54, 1.807) is 50.4 Å². The van der Waals surface area contributed by atoms with Gasteiger partial charge < -0.3 is 92.5 Å². The number of carbonyl (C=O) groups excluding carboxylic acids is 10. The number of nitrogens with one attached hydrogen (secondary N) is 9. The highest BCUT2D eigenvalue weighted by atomic mass is 32.2. The summed E-state index contributed by atoms with van der Waals surface area (Å²) in [4.78, 5) is 165. The number of thioether (sulfide) groups is 1. The van der Waals surface area contributed by atoms with Gasteiger partial charge in [-0.3, -0.25) is 62.7 Å². The molecule has 0 saturated heterocycles. The molecule has 0 aromatic heterocycles. The molecule has 1 rings (SSSR count). The van der Waals surface area contributed by atoms with Crippen LogP contribution in [0.15, 0.2) is 40.3 Å². The Labute approximate surface area is 485 Å². The average Bonchev–Trinajstić information content (AvgIpc) is 3.42. The zero-order valence-corrected chi connectivity index (χ0v) is 48.5. The number of rotatable bonds is 40. The van der Waals surface area contributed by atoms with E-state index >= 15 is 0 Å². The second kappa shape index (κ2) is 38.4. The van der Waals surface area contributed by atoms with Crippen LogP contribution in [0, 0.1) is 5.92 Å². The van der Waals surface area contributed by atoms with Gasteiger partial charge in [0.2, 0.25) is 59.1 Å². The first-order valence-electron chi connectivity index (χ1n) is 26.8. The maximum Gasteiger partial charge on any atom is 0.326 e. The molecule has 23 N–H and O–H groups in total. The van der Waals surface area contributed by atoms with Crippen LogP contribution < -0.4 is 82.3 Å². The molecule has 0 saturated carbocycles. The number of amides is 10. The van der Waals surface area contributed by atoms with Crippen molar-refractivity contribution in [2.24, 2.45) is 50.3 Å². The van der Waals surface area contributed by atoms with Crippen LogP contribution in [0.2, 0.25) is 0 Å². The number of nitrogens with two attached hydrogens (primary N) is 6. The molecule has 464 valence electrons. The molecule has 0 unspecified atom stereocenters. The van der Waals surface area contributed by atoms with Crippen LogP contribution in [0.5, 0.6) is 0 Å². The van der Waals surface area contributed by atoms with Gasteiger partial charge in [-0.15, -0.1) is 0 Å². The summed E-state index contributed by atoms with van der Waals surface area (Å²) in [5.41, 5.74) is 33.4. The monoisotopic (exact) mass is 1190 g/mol. The molecule has 0 aliphatic heterocycles. The van der Waals surface area contributed by atoms with Crippen LogP contribution >= 0.6 is 11.8 Å². The first-order valence-corrected chi connectivity index (χ1v) is 28.2. The van der Waals surface area contributed by atoms with E-state index in [9.17, 15) is 67.7 Å². The fourth-order valence-electron chi connectivity index (χ4n) is 7.62. The second-order valence-electron chi connectivity index (χ2n) is 19.9. The number of carboxylic acid groups (broad SMARTS) is 2. The fourth-order valence-corrected chi connectivity index (χ4v) is 8.10. The van der Waals surface area contributed by atoms with Gasteiger partial charge in [-0.05, 0) is 95.6 Å². The molecule has 0 aliphatic carbocycles. The van der Waals surface area contributed by atoms with E-state index < -0.39 is 144 Å². The molecule has 0 heterocycles. The van der Waals surface area contributed by atoms with E-state index in [0.29, 0.717) is 17.7 Å². The zero-order valence-electron chi connectivity index (χ0n) is 47.7. The van der Waals surface area contributed by atoms with Gasteiger partial charge in [0, 0.05) is 32.4 Å². The van der Waals surface area contributed by atoms with Crippen molar-refractivity contribution < 1.29 is 67.7 Å². The predicted molar refractivity (Wildman–Crippen MR) is 308 cm³/mol. The fraction of sp³-hybridized carbons (Fsp3) is 0.608. The summed E-state index contributed by atoms with van der Waals surface area (Å²) in [6, 6.07) is -4.95. The lowest BCUT2D eigenvalue weighted by Gasteiger charge is -2.27. The highest BCUT2D eigenvalue weighted by Gasteiger charge is 2.34. The van der Waals surface area contributed by atoms with Crippen LogP contribution in [-0.2, 0) is 64.0 Å². The molecule has 1 aromatic rings. The normalized spacial score (nSPS) is 14.5. The van der Waals surface area contributed by atoms with Gasteiger partial charge in [0.25, 0.3) is 0 Å². The van der Waals surface area contributed by atoms with Gasteiger partial charge in [0.05, 0.1) is 6.04 Å². The number of hydrogen-bond donors (Lipinski definition) is 17. The Morgan fingerprint density at radius 1 is 0.482 bits per heavy atom. The van der Waals surface area contributed by atoms with Crippen molar-refractivity contribution in [1.29, 1.82) is 0 Å². The lowest BCUT2D eigenvalue weighted by molar-refractivity contribution is -0.142. The van der Waals surface area contributed by atoms with Gasteiger partial charge >= 0.3 is 11.9 Å². The molecular weight excluding hydrogens is 1110 g/mol. The molecule has 10 atom stereocenters. The van der Waals surface area contributed by atoms with E-state index in [1.165, 1.54) is 32.5 Å². The molecule has 0 fully saturated rings. The topological polar surface area (TPSA) is 534 Å². The van der Waals surface area contributed by atoms with Crippen molar-refractivity contribution in [2.45, 2.75) is 166 Å². The molecule has 0 radical (unpaired) electrons. The largest absolute Gasteiger partial charge is 0.481 e. The number of benzene rings is 1. The predicted octanol–water partition coefficient (Wildman–Crippen LogP) is -4.90. The Kier molecular flexibility index (Phi) is 33.7.